The maximum atomic E-state index is 11.9. The molecule has 0 aliphatic heterocycles. The van der Waals surface area contributed by atoms with E-state index in [4.69, 9.17) is 5.73 Å². The fourth-order valence-corrected chi connectivity index (χ4v) is 2.45. The van der Waals surface area contributed by atoms with Crippen molar-refractivity contribution in [2.75, 3.05) is 16.8 Å². The molecule has 0 radical (unpaired) electrons. The van der Waals surface area contributed by atoms with Gasteiger partial charge in [-0.25, -0.2) is 9.97 Å². The van der Waals surface area contributed by atoms with Crippen LogP contribution < -0.4 is 11.1 Å². The Morgan fingerprint density at radius 3 is 2.67 bits per heavy atom. The van der Waals surface area contributed by atoms with E-state index in [1.807, 2.05) is 26.0 Å². The van der Waals surface area contributed by atoms with Gasteiger partial charge in [0.05, 0.1) is 0 Å². The number of nitrogens with two attached hydrogens (primary N) is 1. The van der Waals surface area contributed by atoms with Crippen molar-refractivity contribution in [3.8, 4) is 0 Å². The molecule has 5 nitrogen and oxygen atoms in total. The van der Waals surface area contributed by atoms with Gasteiger partial charge in [0.2, 0.25) is 5.91 Å². The van der Waals surface area contributed by atoms with Crippen LogP contribution in [0.1, 0.15) is 17.5 Å². The third-order valence-electron chi connectivity index (χ3n) is 2.84. The molecule has 1 aromatic heterocycles. The molecule has 0 bridgehead atoms. The lowest BCUT2D eigenvalue weighted by molar-refractivity contribution is -0.115. The van der Waals surface area contributed by atoms with Crippen LogP contribution in [0.15, 0.2) is 35.7 Å². The molecule has 0 fully saturated rings. The molecule has 1 aromatic carbocycles. The predicted molar refractivity (Wildman–Crippen MR) is 86.3 cm³/mol. The molecule has 0 saturated carbocycles. The summed E-state index contributed by atoms with van der Waals surface area (Å²) in [5, 5.41) is 3.58. The standard InChI is InChI=1S/C15H18N4OS/c1-10-8-17-15(18-9-10)21-6-5-14(20)19-13-4-3-12(16)7-11(13)2/h3-4,7-9H,5-6,16H2,1-2H3,(H,19,20). The van der Waals surface area contributed by atoms with Crippen LogP contribution in [-0.2, 0) is 4.79 Å². The Morgan fingerprint density at radius 1 is 1.29 bits per heavy atom. The Morgan fingerprint density at radius 2 is 2.00 bits per heavy atom. The minimum absolute atomic E-state index is 0.0255. The summed E-state index contributed by atoms with van der Waals surface area (Å²) < 4.78 is 0. The molecule has 0 spiro atoms. The Labute approximate surface area is 128 Å². The fourth-order valence-electron chi connectivity index (χ4n) is 1.73. The molecule has 0 aliphatic rings. The van der Waals surface area contributed by atoms with Gasteiger partial charge in [-0.05, 0) is 43.2 Å². The van der Waals surface area contributed by atoms with E-state index < -0.39 is 0 Å². The molecule has 3 N–H and O–H groups in total. The predicted octanol–water partition coefficient (Wildman–Crippen LogP) is 2.80. The zero-order valence-corrected chi connectivity index (χ0v) is 12.9. The van der Waals surface area contributed by atoms with Crippen LogP contribution in [0.3, 0.4) is 0 Å². The first kappa shape index (κ1) is 15.3. The fraction of sp³-hybridized carbons (Fsp3) is 0.267. The second-order valence-electron chi connectivity index (χ2n) is 4.76. The van der Waals surface area contributed by atoms with Gasteiger partial charge in [0.1, 0.15) is 0 Å². The quantitative estimate of drug-likeness (QED) is 0.504. The molecule has 0 aliphatic carbocycles. The maximum Gasteiger partial charge on any atom is 0.225 e. The van der Waals surface area contributed by atoms with Crippen molar-refractivity contribution in [1.82, 2.24) is 9.97 Å². The number of hydrogen-bond acceptors (Lipinski definition) is 5. The molecule has 0 unspecified atom stereocenters. The number of nitrogen functional groups attached to an aromatic ring is 1. The number of amides is 1. The number of benzene rings is 1. The molecule has 2 rings (SSSR count). The number of carbonyl (C=O) groups excluding carboxylic acids is 1. The first-order chi connectivity index (χ1) is 10.0. The van der Waals surface area contributed by atoms with Crippen LogP contribution >= 0.6 is 11.8 Å². The number of rotatable bonds is 5. The number of carbonyl (C=O) groups is 1. The second-order valence-corrected chi connectivity index (χ2v) is 5.83. The zero-order chi connectivity index (χ0) is 15.2. The molecular formula is C15H18N4OS. The highest BCUT2D eigenvalue weighted by atomic mass is 32.2. The van der Waals surface area contributed by atoms with Gasteiger partial charge in [0, 0.05) is 35.9 Å². The van der Waals surface area contributed by atoms with Crippen LogP contribution in [0.5, 0.6) is 0 Å². The lowest BCUT2D eigenvalue weighted by atomic mass is 10.2. The third kappa shape index (κ3) is 4.75. The average Bonchev–Trinajstić information content (AvgIpc) is 2.44. The summed E-state index contributed by atoms with van der Waals surface area (Å²) in [6, 6.07) is 5.43. The second kappa shape index (κ2) is 7.08. The summed E-state index contributed by atoms with van der Waals surface area (Å²) in [5.74, 6) is 0.616. The van der Waals surface area contributed by atoms with Crippen LogP contribution in [0.2, 0.25) is 0 Å². The van der Waals surface area contributed by atoms with E-state index >= 15 is 0 Å². The lowest BCUT2D eigenvalue weighted by Crippen LogP contribution is -2.13. The number of aryl methyl sites for hydroxylation is 2. The molecule has 2 aromatic rings. The molecule has 1 amide bonds. The van der Waals surface area contributed by atoms with Crippen molar-refractivity contribution in [3.63, 3.8) is 0 Å². The number of hydrogen-bond donors (Lipinski definition) is 2. The van der Waals surface area contributed by atoms with Crippen LogP contribution in [0.25, 0.3) is 0 Å². The molecule has 21 heavy (non-hydrogen) atoms. The van der Waals surface area contributed by atoms with Crippen molar-refractivity contribution in [2.24, 2.45) is 0 Å². The van der Waals surface area contributed by atoms with Crippen LogP contribution in [0.4, 0.5) is 11.4 Å². The normalized spacial score (nSPS) is 10.4. The third-order valence-corrected chi connectivity index (χ3v) is 3.72. The number of nitrogens with one attached hydrogen (secondary N) is 1. The highest BCUT2D eigenvalue weighted by Crippen LogP contribution is 2.18. The Hall–Kier alpha value is -2.08. The van der Waals surface area contributed by atoms with E-state index in [0.717, 1.165) is 16.8 Å². The van der Waals surface area contributed by atoms with E-state index in [9.17, 15) is 4.79 Å². The van der Waals surface area contributed by atoms with Crippen LogP contribution in [0, 0.1) is 13.8 Å². The van der Waals surface area contributed by atoms with Gasteiger partial charge in [0.25, 0.3) is 0 Å². The number of anilines is 2. The lowest BCUT2D eigenvalue weighted by Gasteiger charge is -2.08. The smallest absolute Gasteiger partial charge is 0.225 e. The number of aromatic nitrogens is 2. The summed E-state index contributed by atoms with van der Waals surface area (Å²) in [7, 11) is 0. The SMILES string of the molecule is Cc1cnc(SCCC(=O)Nc2ccc(N)cc2C)nc1. The average molecular weight is 302 g/mol. The Balaban J connectivity index is 1.81. The van der Waals surface area contributed by atoms with Gasteiger partial charge in [-0.1, -0.05) is 11.8 Å². The van der Waals surface area contributed by atoms with Crippen molar-refractivity contribution in [1.29, 1.82) is 0 Å². The summed E-state index contributed by atoms with van der Waals surface area (Å²) in [4.78, 5) is 20.3. The van der Waals surface area contributed by atoms with Crippen molar-refractivity contribution < 1.29 is 4.79 Å². The summed E-state index contributed by atoms with van der Waals surface area (Å²) in [6.07, 6.45) is 3.95. The topological polar surface area (TPSA) is 80.9 Å². The maximum absolute atomic E-state index is 11.9. The molecular weight excluding hydrogens is 284 g/mol. The highest BCUT2D eigenvalue weighted by Gasteiger charge is 2.06. The Bertz CT molecular complexity index is 628. The summed E-state index contributed by atoms with van der Waals surface area (Å²) >= 11 is 1.47. The van der Waals surface area contributed by atoms with Gasteiger partial charge in [-0.15, -0.1) is 0 Å². The monoisotopic (exact) mass is 302 g/mol. The molecule has 110 valence electrons. The molecule has 0 atom stereocenters. The summed E-state index contributed by atoms with van der Waals surface area (Å²) in [5.41, 5.74) is 9.15. The molecule has 0 saturated heterocycles. The van der Waals surface area contributed by atoms with E-state index in [2.05, 4.69) is 15.3 Å². The zero-order valence-electron chi connectivity index (χ0n) is 12.1. The minimum Gasteiger partial charge on any atom is -0.399 e. The van der Waals surface area contributed by atoms with Crippen molar-refractivity contribution >= 4 is 29.0 Å². The van der Waals surface area contributed by atoms with Gasteiger partial charge in [-0.3, -0.25) is 4.79 Å². The summed E-state index contributed by atoms with van der Waals surface area (Å²) in [6.45, 7) is 3.86. The number of nitrogens with zero attached hydrogens (tertiary/aromatic N) is 2. The van der Waals surface area contributed by atoms with Gasteiger partial charge in [-0.2, -0.15) is 0 Å². The van der Waals surface area contributed by atoms with Crippen molar-refractivity contribution in [3.05, 3.63) is 41.7 Å². The Kier molecular flexibility index (Phi) is 5.16. The van der Waals surface area contributed by atoms with Gasteiger partial charge >= 0.3 is 0 Å². The minimum atomic E-state index is -0.0255. The molecule has 6 heteroatoms. The molecule has 1 heterocycles. The van der Waals surface area contributed by atoms with E-state index in [-0.39, 0.29) is 5.91 Å². The number of thioether (sulfide) groups is 1. The highest BCUT2D eigenvalue weighted by molar-refractivity contribution is 7.99. The van der Waals surface area contributed by atoms with Crippen LogP contribution in [-0.4, -0.2) is 21.6 Å². The largest absolute Gasteiger partial charge is 0.399 e. The van der Waals surface area contributed by atoms with E-state index in [0.29, 0.717) is 23.0 Å². The van der Waals surface area contributed by atoms with Crippen molar-refractivity contribution in [2.45, 2.75) is 25.4 Å². The first-order valence-corrected chi connectivity index (χ1v) is 7.60. The van der Waals surface area contributed by atoms with Gasteiger partial charge in [0.15, 0.2) is 5.16 Å². The van der Waals surface area contributed by atoms with Gasteiger partial charge < -0.3 is 11.1 Å². The van der Waals surface area contributed by atoms with E-state index in [1.165, 1.54) is 11.8 Å². The first-order valence-electron chi connectivity index (χ1n) is 6.62. The van der Waals surface area contributed by atoms with E-state index in [1.54, 1.807) is 18.5 Å².